The van der Waals surface area contributed by atoms with Crippen molar-refractivity contribution in [3.63, 3.8) is 0 Å². The summed E-state index contributed by atoms with van der Waals surface area (Å²) in [5, 5.41) is 9.36. The van der Waals surface area contributed by atoms with Crippen molar-refractivity contribution in [2.75, 3.05) is 13.2 Å². The summed E-state index contributed by atoms with van der Waals surface area (Å²) in [6.07, 6.45) is 5.60. The second-order valence-electron chi connectivity index (χ2n) is 11.3. The normalized spacial score (nSPS) is 22.7. The average Bonchev–Trinajstić information content (AvgIpc) is 3.00. The highest BCUT2D eigenvalue weighted by molar-refractivity contribution is 5.66. The van der Waals surface area contributed by atoms with Gasteiger partial charge >= 0.3 is 0 Å². The van der Waals surface area contributed by atoms with Gasteiger partial charge in [0.2, 0.25) is 11.6 Å². The zero-order valence-corrected chi connectivity index (χ0v) is 23.4. The van der Waals surface area contributed by atoms with Crippen molar-refractivity contribution >= 4 is 0 Å². The van der Waals surface area contributed by atoms with Crippen molar-refractivity contribution in [2.24, 2.45) is 5.92 Å². The Hall–Kier alpha value is -3.20. The first kappa shape index (κ1) is 30.3. The number of hydrogen-bond donors (Lipinski definition) is 1. The van der Waals surface area contributed by atoms with Crippen LogP contribution in [0.4, 0.5) is 26.3 Å². The lowest BCUT2D eigenvalue weighted by Crippen LogP contribution is -2.26. The molecule has 42 heavy (non-hydrogen) atoms. The van der Waals surface area contributed by atoms with Gasteiger partial charge in [-0.15, -0.1) is 0 Å². The molecule has 0 spiro atoms. The maximum absolute atomic E-state index is 15.2. The Morgan fingerprint density at radius 2 is 1.14 bits per heavy atom. The monoisotopic (exact) mass is 592 g/mol. The van der Waals surface area contributed by atoms with Crippen LogP contribution in [0.1, 0.15) is 81.3 Å². The number of benzene rings is 3. The first-order valence-electron chi connectivity index (χ1n) is 14.6. The highest BCUT2D eigenvalue weighted by Crippen LogP contribution is 2.41. The van der Waals surface area contributed by atoms with Gasteiger partial charge in [-0.1, -0.05) is 18.2 Å². The molecule has 9 heteroatoms. The van der Waals surface area contributed by atoms with Crippen molar-refractivity contribution in [1.29, 1.82) is 0 Å². The average molecular weight is 593 g/mol. The molecule has 0 aliphatic heterocycles. The van der Waals surface area contributed by atoms with E-state index in [-0.39, 0.29) is 47.0 Å². The topological polar surface area (TPSA) is 38.7 Å². The lowest BCUT2D eigenvalue weighted by atomic mass is 9.78. The molecule has 3 aromatic rings. The molecule has 5 rings (SSSR count). The van der Waals surface area contributed by atoms with Crippen molar-refractivity contribution in [2.45, 2.75) is 76.2 Å². The van der Waals surface area contributed by atoms with Gasteiger partial charge in [-0.25, -0.2) is 17.6 Å². The molecule has 0 radical (unpaired) electrons. The SMILES string of the molecule is CCOc1ccc(-c2ccc(C3CCC(OCC4CCC(c5ccc(O)c(F)c5F)CC4)CC3)c(F)c2F)c(F)c1F. The molecule has 2 saturated carbocycles. The summed E-state index contributed by atoms with van der Waals surface area (Å²) in [7, 11) is 0. The molecule has 1 N–H and O–H groups in total. The van der Waals surface area contributed by atoms with Crippen molar-refractivity contribution in [1.82, 2.24) is 0 Å². The molecule has 0 saturated heterocycles. The Balaban J connectivity index is 1.13. The van der Waals surface area contributed by atoms with Crippen LogP contribution in [0.25, 0.3) is 11.1 Å². The maximum atomic E-state index is 15.2. The first-order chi connectivity index (χ1) is 20.2. The fraction of sp³-hybridized carbons (Fsp3) is 0.455. The minimum absolute atomic E-state index is 0.00396. The lowest BCUT2D eigenvalue weighted by Gasteiger charge is -2.32. The van der Waals surface area contributed by atoms with E-state index in [9.17, 15) is 22.7 Å². The molecule has 2 aliphatic rings. The standard InChI is InChI=1S/C33H34F6O3/c1-2-41-27-16-14-25(31(37)33(27)39)24-12-11-22(28(34)30(24)36)20-7-9-21(10-8-20)42-17-18-3-5-19(6-4-18)23-13-15-26(40)32(38)29(23)35/h11-16,18-21,40H,2-10,17H2,1H3. The van der Waals surface area contributed by atoms with Crippen LogP contribution >= 0.6 is 0 Å². The molecular formula is C33H34F6O3. The van der Waals surface area contributed by atoms with E-state index in [0.29, 0.717) is 56.6 Å². The van der Waals surface area contributed by atoms with E-state index >= 15 is 8.78 Å². The minimum Gasteiger partial charge on any atom is -0.505 e. The quantitative estimate of drug-likeness (QED) is 0.265. The Kier molecular flexibility index (Phi) is 9.35. The van der Waals surface area contributed by atoms with Gasteiger partial charge in [0.1, 0.15) is 0 Å². The molecular weight excluding hydrogens is 558 g/mol. The Morgan fingerprint density at radius 1 is 0.619 bits per heavy atom. The Labute approximate surface area is 241 Å². The van der Waals surface area contributed by atoms with E-state index in [4.69, 9.17) is 9.47 Å². The van der Waals surface area contributed by atoms with Crippen LogP contribution in [-0.4, -0.2) is 24.4 Å². The highest BCUT2D eigenvalue weighted by atomic mass is 19.2. The number of phenolic OH excluding ortho intramolecular Hbond substituents is 1. The fourth-order valence-corrected chi connectivity index (χ4v) is 6.42. The predicted octanol–water partition coefficient (Wildman–Crippen LogP) is 9.31. The van der Waals surface area contributed by atoms with Gasteiger partial charge in [-0.2, -0.15) is 8.78 Å². The van der Waals surface area contributed by atoms with Crippen LogP contribution in [-0.2, 0) is 4.74 Å². The van der Waals surface area contributed by atoms with Crippen LogP contribution in [0.2, 0.25) is 0 Å². The lowest BCUT2D eigenvalue weighted by molar-refractivity contribution is -0.00294. The van der Waals surface area contributed by atoms with Crippen LogP contribution in [0.5, 0.6) is 11.5 Å². The molecule has 3 nitrogen and oxygen atoms in total. The van der Waals surface area contributed by atoms with Gasteiger partial charge in [0.25, 0.3) is 0 Å². The van der Waals surface area contributed by atoms with E-state index in [2.05, 4.69) is 0 Å². The summed E-state index contributed by atoms with van der Waals surface area (Å²) in [5.74, 6) is -7.96. The zero-order chi connectivity index (χ0) is 30.0. The number of hydrogen-bond acceptors (Lipinski definition) is 3. The van der Waals surface area contributed by atoms with Crippen LogP contribution in [0, 0.1) is 40.8 Å². The molecule has 0 amide bonds. The third-order valence-corrected chi connectivity index (χ3v) is 8.81. The molecule has 2 fully saturated rings. The number of aromatic hydroxyl groups is 1. The van der Waals surface area contributed by atoms with Crippen LogP contribution in [0.3, 0.4) is 0 Å². The summed E-state index contributed by atoms with van der Waals surface area (Å²) >= 11 is 0. The second-order valence-corrected chi connectivity index (χ2v) is 11.3. The molecule has 0 atom stereocenters. The molecule has 0 heterocycles. The third-order valence-electron chi connectivity index (χ3n) is 8.81. The van der Waals surface area contributed by atoms with Gasteiger partial charge in [0.05, 0.1) is 12.7 Å². The third kappa shape index (κ3) is 6.12. The van der Waals surface area contributed by atoms with Crippen molar-refractivity contribution < 1.29 is 40.9 Å². The predicted molar refractivity (Wildman–Crippen MR) is 147 cm³/mol. The molecule has 2 aliphatic carbocycles. The van der Waals surface area contributed by atoms with E-state index < -0.39 is 40.7 Å². The van der Waals surface area contributed by atoms with Gasteiger partial charge in [-0.05, 0) is 105 Å². The maximum Gasteiger partial charge on any atom is 0.201 e. The van der Waals surface area contributed by atoms with Gasteiger partial charge in [0, 0.05) is 17.7 Å². The fourth-order valence-electron chi connectivity index (χ4n) is 6.42. The Morgan fingerprint density at radius 3 is 1.76 bits per heavy atom. The molecule has 0 aromatic heterocycles. The zero-order valence-electron chi connectivity index (χ0n) is 23.4. The number of ether oxygens (including phenoxy) is 2. The van der Waals surface area contributed by atoms with E-state index in [1.54, 1.807) is 6.92 Å². The van der Waals surface area contributed by atoms with Crippen molar-refractivity contribution in [3.05, 3.63) is 82.4 Å². The molecule has 0 bridgehead atoms. The molecule has 3 aromatic carbocycles. The van der Waals surface area contributed by atoms with Gasteiger partial charge in [0.15, 0.2) is 34.8 Å². The van der Waals surface area contributed by atoms with Crippen LogP contribution in [0.15, 0.2) is 36.4 Å². The smallest absolute Gasteiger partial charge is 0.201 e. The number of halogens is 6. The van der Waals surface area contributed by atoms with E-state index in [1.165, 1.54) is 36.4 Å². The molecule has 226 valence electrons. The van der Waals surface area contributed by atoms with Gasteiger partial charge < -0.3 is 14.6 Å². The van der Waals surface area contributed by atoms with Gasteiger partial charge in [-0.3, -0.25) is 0 Å². The van der Waals surface area contributed by atoms with E-state index in [0.717, 1.165) is 12.8 Å². The summed E-state index contributed by atoms with van der Waals surface area (Å²) in [4.78, 5) is 0. The highest BCUT2D eigenvalue weighted by Gasteiger charge is 2.30. The second kappa shape index (κ2) is 13.0. The summed E-state index contributed by atoms with van der Waals surface area (Å²) < 4.78 is 98.4. The Bertz CT molecular complexity index is 1410. The number of rotatable bonds is 8. The summed E-state index contributed by atoms with van der Waals surface area (Å²) in [6, 6.07) is 7.77. The summed E-state index contributed by atoms with van der Waals surface area (Å²) in [5.41, 5.74) is -0.194. The molecule has 0 unspecified atom stereocenters. The van der Waals surface area contributed by atoms with E-state index in [1.807, 2.05) is 0 Å². The minimum atomic E-state index is -1.29. The largest absolute Gasteiger partial charge is 0.505 e. The van der Waals surface area contributed by atoms with Crippen molar-refractivity contribution in [3.8, 4) is 22.6 Å². The first-order valence-corrected chi connectivity index (χ1v) is 14.6. The number of phenols is 1. The summed E-state index contributed by atoms with van der Waals surface area (Å²) in [6.45, 7) is 2.31. The van der Waals surface area contributed by atoms with Crippen LogP contribution < -0.4 is 4.74 Å².